The molecule has 1 N–H and O–H groups in total. The first-order chi connectivity index (χ1) is 15.3. The van der Waals surface area contributed by atoms with Gasteiger partial charge in [-0.15, -0.1) is 0 Å². The lowest BCUT2D eigenvalue weighted by Crippen LogP contribution is -2.47. The number of likely N-dealkylation sites (tertiary alicyclic amines) is 1. The van der Waals surface area contributed by atoms with Crippen LogP contribution in [0.3, 0.4) is 0 Å². The highest BCUT2D eigenvalue weighted by atomic mass is 19.4. The molecule has 32 heavy (non-hydrogen) atoms. The van der Waals surface area contributed by atoms with Gasteiger partial charge in [0, 0.05) is 24.5 Å². The lowest BCUT2D eigenvalue weighted by molar-refractivity contribution is -0.138. The number of hydrogen-bond acceptors (Lipinski definition) is 5. The summed E-state index contributed by atoms with van der Waals surface area (Å²) in [5, 5.41) is 11.2. The lowest BCUT2D eigenvalue weighted by Gasteiger charge is -2.39. The molecule has 1 amide bonds. The van der Waals surface area contributed by atoms with E-state index in [1.807, 2.05) is 0 Å². The Kier molecular flexibility index (Phi) is 6.66. The number of aliphatic hydroxyl groups is 1. The summed E-state index contributed by atoms with van der Waals surface area (Å²) in [5.74, 6) is 0.286. The fourth-order valence-corrected chi connectivity index (χ4v) is 4.08. The number of aromatic nitrogens is 1. The van der Waals surface area contributed by atoms with Gasteiger partial charge in [-0.2, -0.15) is 13.2 Å². The molecule has 2 saturated heterocycles. The number of hydrogen-bond donors (Lipinski definition) is 1. The van der Waals surface area contributed by atoms with Crippen LogP contribution < -0.4 is 4.74 Å². The van der Waals surface area contributed by atoms with Crippen molar-refractivity contribution in [2.45, 2.75) is 50.1 Å². The number of carbonyl (C=O) groups excluding carboxylic acids is 1. The Hall–Kier alpha value is -2.65. The molecule has 0 saturated carbocycles. The third-order valence-electron chi connectivity index (χ3n) is 5.90. The van der Waals surface area contributed by atoms with E-state index in [1.54, 1.807) is 23.4 Å². The molecule has 2 aliphatic rings. The average Bonchev–Trinajstić information content (AvgIpc) is 2.76. The number of amides is 1. The maximum absolute atomic E-state index is 13.0. The molecule has 0 bridgehead atoms. The molecule has 0 radical (unpaired) electrons. The van der Waals surface area contributed by atoms with Gasteiger partial charge in [0.05, 0.1) is 31.2 Å². The van der Waals surface area contributed by atoms with Crippen LogP contribution in [0.2, 0.25) is 0 Å². The van der Waals surface area contributed by atoms with Crippen molar-refractivity contribution in [1.29, 1.82) is 0 Å². The number of benzene rings is 1. The number of piperidine rings is 1. The van der Waals surface area contributed by atoms with Gasteiger partial charge in [0.25, 0.3) is 0 Å². The largest absolute Gasteiger partial charge is 0.485 e. The van der Waals surface area contributed by atoms with Crippen LogP contribution >= 0.6 is 0 Å². The van der Waals surface area contributed by atoms with Gasteiger partial charge in [-0.05, 0) is 43.0 Å². The predicted octanol–water partition coefficient (Wildman–Crippen LogP) is 3.54. The summed E-state index contributed by atoms with van der Waals surface area (Å²) >= 11 is 0. The van der Waals surface area contributed by atoms with Gasteiger partial charge in [-0.1, -0.05) is 12.1 Å². The number of pyridine rings is 1. The lowest BCUT2D eigenvalue weighted by atomic mass is 9.92. The van der Waals surface area contributed by atoms with E-state index in [2.05, 4.69) is 4.98 Å². The van der Waals surface area contributed by atoms with E-state index in [0.717, 1.165) is 25.0 Å². The normalized spacial score (nSPS) is 20.5. The zero-order valence-corrected chi connectivity index (χ0v) is 17.4. The Bertz CT molecular complexity index is 932. The van der Waals surface area contributed by atoms with Gasteiger partial charge in [0.15, 0.2) is 0 Å². The third kappa shape index (κ3) is 5.05. The van der Waals surface area contributed by atoms with E-state index in [4.69, 9.17) is 9.47 Å². The third-order valence-corrected chi connectivity index (χ3v) is 5.90. The zero-order chi connectivity index (χ0) is 22.7. The molecule has 2 fully saturated rings. The number of carbonyl (C=O) groups is 1. The second-order valence-corrected chi connectivity index (χ2v) is 8.16. The van der Waals surface area contributed by atoms with Crippen molar-refractivity contribution >= 4 is 5.91 Å². The van der Waals surface area contributed by atoms with Gasteiger partial charge in [-0.3, -0.25) is 9.78 Å². The minimum atomic E-state index is -4.42. The van der Waals surface area contributed by atoms with E-state index >= 15 is 0 Å². The second-order valence-electron chi connectivity index (χ2n) is 8.16. The molecule has 9 heteroatoms. The second kappa shape index (κ2) is 9.46. The maximum atomic E-state index is 13.0. The van der Waals surface area contributed by atoms with Crippen molar-refractivity contribution < 1.29 is 32.5 Å². The van der Waals surface area contributed by atoms with Gasteiger partial charge >= 0.3 is 6.18 Å². The molecule has 4 rings (SSSR count). The summed E-state index contributed by atoms with van der Waals surface area (Å²) in [4.78, 5) is 18.8. The first kappa shape index (κ1) is 22.5. The van der Waals surface area contributed by atoms with Gasteiger partial charge in [-0.25, -0.2) is 0 Å². The number of ether oxygens (including phenoxy) is 2. The van der Waals surface area contributed by atoms with E-state index < -0.39 is 23.9 Å². The van der Waals surface area contributed by atoms with Crippen LogP contribution in [0.5, 0.6) is 5.75 Å². The first-order valence-electron chi connectivity index (χ1n) is 10.6. The Morgan fingerprint density at radius 2 is 1.97 bits per heavy atom. The van der Waals surface area contributed by atoms with E-state index in [1.165, 1.54) is 12.1 Å². The summed E-state index contributed by atoms with van der Waals surface area (Å²) in [7, 11) is 0. The molecular weight excluding hydrogens is 425 g/mol. The molecule has 172 valence electrons. The number of aliphatic hydroxyl groups excluding tert-OH is 1. The standard InChI is InChI=1S/C23H25F3N2O4/c24-23(25,26)16-6-4-15(5-7-16)11-21(29)28-10-2-1-3-19(28)22(30)18-12-27-9-8-20(18)32-17-13-31-14-17/h4-9,12,17,19,22,30H,1-3,10-11,13-14H2. The topological polar surface area (TPSA) is 71.9 Å². The molecule has 1 aromatic carbocycles. The minimum absolute atomic E-state index is 0.0306. The summed E-state index contributed by atoms with van der Waals surface area (Å²) in [6.07, 6.45) is -0.107. The smallest absolute Gasteiger partial charge is 0.416 e. The maximum Gasteiger partial charge on any atom is 0.416 e. The van der Waals surface area contributed by atoms with Crippen LogP contribution in [0.1, 0.15) is 42.1 Å². The summed E-state index contributed by atoms with van der Waals surface area (Å²) in [6.45, 7) is 1.45. The van der Waals surface area contributed by atoms with E-state index in [-0.39, 0.29) is 18.4 Å². The summed E-state index contributed by atoms with van der Waals surface area (Å²) in [6, 6.07) is 5.83. The van der Waals surface area contributed by atoms with Gasteiger partial charge in [0.2, 0.25) is 5.91 Å². The number of nitrogens with zero attached hydrogens (tertiary/aromatic N) is 2. The van der Waals surface area contributed by atoms with E-state index in [9.17, 15) is 23.1 Å². The Morgan fingerprint density at radius 3 is 2.62 bits per heavy atom. The highest BCUT2D eigenvalue weighted by Crippen LogP contribution is 2.34. The highest BCUT2D eigenvalue weighted by molar-refractivity contribution is 5.79. The number of rotatable bonds is 6. The summed E-state index contributed by atoms with van der Waals surface area (Å²) < 4.78 is 49.4. The van der Waals surface area contributed by atoms with Crippen molar-refractivity contribution in [1.82, 2.24) is 9.88 Å². The fourth-order valence-electron chi connectivity index (χ4n) is 4.08. The average molecular weight is 450 g/mol. The molecule has 2 atom stereocenters. The van der Waals surface area contributed by atoms with Crippen LogP contribution in [-0.4, -0.2) is 52.8 Å². The van der Waals surface area contributed by atoms with Crippen LogP contribution in [-0.2, 0) is 22.1 Å². The van der Waals surface area contributed by atoms with Crippen molar-refractivity contribution in [3.8, 4) is 5.75 Å². The van der Waals surface area contributed by atoms with Gasteiger partial charge < -0.3 is 19.5 Å². The molecule has 1 aromatic heterocycles. The van der Waals surface area contributed by atoms with Crippen molar-refractivity contribution in [2.75, 3.05) is 19.8 Å². The van der Waals surface area contributed by atoms with Crippen molar-refractivity contribution in [3.05, 3.63) is 59.4 Å². The molecular formula is C23H25F3N2O4. The van der Waals surface area contributed by atoms with Crippen LogP contribution in [0.4, 0.5) is 13.2 Å². The quantitative estimate of drug-likeness (QED) is 0.729. The molecule has 2 aliphatic heterocycles. The highest BCUT2D eigenvalue weighted by Gasteiger charge is 2.35. The molecule has 6 nitrogen and oxygen atoms in total. The van der Waals surface area contributed by atoms with E-state index in [0.29, 0.717) is 43.1 Å². The number of alkyl halides is 3. The fraction of sp³-hybridized carbons (Fsp3) is 0.478. The Balaban J connectivity index is 1.48. The SMILES string of the molecule is O=C(Cc1ccc(C(F)(F)F)cc1)N1CCCCC1C(O)c1cnccc1OC1COC1. The Labute approximate surface area is 184 Å². The van der Waals surface area contributed by atoms with Crippen molar-refractivity contribution in [3.63, 3.8) is 0 Å². The molecule has 2 unspecified atom stereocenters. The van der Waals surface area contributed by atoms with Gasteiger partial charge in [0.1, 0.15) is 18.0 Å². The molecule has 0 spiro atoms. The molecule has 0 aliphatic carbocycles. The Morgan fingerprint density at radius 1 is 1.22 bits per heavy atom. The zero-order valence-electron chi connectivity index (χ0n) is 17.4. The predicted molar refractivity (Wildman–Crippen MR) is 109 cm³/mol. The van der Waals surface area contributed by atoms with Crippen LogP contribution in [0.25, 0.3) is 0 Å². The monoisotopic (exact) mass is 450 g/mol. The molecule has 2 aromatic rings. The van der Waals surface area contributed by atoms with Crippen molar-refractivity contribution in [2.24, 2.45) is 0 Å². The minimum Gasteiger partial charge on any atom is -0.485 e. The molecule has 3 heterocycles. The summed E-state index contributed by atoms with van der Waals surface area (Å²) in [5.41, 5.74) is 0.261. The van der Waals surface area contributed by atoms with Crippen LogP contribution in [0.15, 0.2) is 42.7 Å². The first-order valence-corrected chi connectivity index (χ1v) is 10.6. The van der Waals surface area contributed by atoms with Crippen LogP contribution in [0, 0.1) is 0 Å². The number of halogens is 3.